The van der Waals surface area contributed by atoms with Crippen LogP contribution in [0.15, 0.2) is 32.9 Å². The molecule has 1 N–H and O–H groups in total. The van der Waals surface area contributed by atoms with Gasteiger partial charge in [0.05, 0.1) is 4.47 Å². The number of hydrogen-bond donors (Lipinski definition) is 1. The lowest BCUT2D eigenvalue weighted by molar-refractivity contribution is 0.861. The van der Waals surface area contributed by atoms with E-state index < -0.39 is 0 Å². The smallest absolute Gasteiger partial charge is 0.140 e. The zero-order valence-corrected chi connectivity index (χ0v) is 12.1. The molecule has 0 aliphatic heterocycles. The highest BCUT2D eigenvalue weighted by atomic mass is 79.9. The summed E-state index contributed by atoms with van der Waals surface area (Å²) >= 11 is 6.88. The molecule has 0 saturated carbocycles. The van der Waals surface area contributed by atoms with Gasteiger partial charge in [-0.25, -0.2) is 4.98 Å². The molecule has 1 heterocycles. The summed E-state index contributed by atoms with van der Waals surface area (Å²) in [5, 5.41) is 3.35. The molecule has 0 saturated heterocycles. The Hall–Kier alpha value is -0.350. The number of hydrogen-bond acceptors (Lipinski definition) is 2. The van der Waals surface area contributed by atoms with Gasteiger partial charge in [-0.05, 0) is 63.6 Å². The molecule has 1 aliphatic rings. The van der Waals surface area contributed by atoms with Crippen molar-refractivity contribution in [2.75, 3.05) is 11.9 Å². The minimum atomic E-state index is 0.918. The van der Waals surface area contributed by atoms with Gasteiger partial charge in [0.2, 0.25) is 0 Å². The average molecular weight is 346 g/mol. The lowest BCUT2D eigenvalue weighted by Crippen LogP contribution is -2.04. The molecule has 0 spiro atoms. The molecule has 16 heavy (non-hydrogen) atoms. The first kappa shape index (κ1) is 12.1. The zero-order valence-electron chi connectivity index (χ0n) is 8.97. The Morgan fingerprint density at radius 2 is 2.25 bits per heavy atom. The number of rotatable bonds is 4. The largest absolute Gasteiger partial charge is 0.369 e. The Morgan fingerprint density at radius 3 is 2.94 bits per heavy atom. The maximum Gasteiger partial charge on any atom is 0.140 e. The van der Waals surface area contributed by atoms with E-state index in [-0.39, 0.29) is 0 Å². The number of allylic oxidation sites excluding steroid dienone is 1. The molecule has 1 aliphatic carbocycles. The molecule has 86 valence electrons. The lowest BCUT2D eigenvalue weighted by atomic mass is 10.2. The molecule has 1 aromatic rings. The highest BCUT2D eigenvalue weighted by Gasteiger charge is 2.05. The van der Waals surface area contributed by atoms with Gasteiger partial charge in [0.15, 0.2) is 0 Å². The SMILES string of the molecule is Brc1cnc(NCCC2=CCCC2)c(Br)c1. The van der Waals surface area contributed by atoms with Gasteiger partial charge >= 0.3 is 0 Å². The molecule has 2 nitrogen and oxygen atoms in total. The van der Waals surface area contributed by atoms with Gasteiger partial charge in [-0.3, -0.25) is 0 Å². The highest BCUT2D eigenvalue weighted by Crippen LogP contribution is 2.24. The van der Waals surface area contributed by atoms with Crippen molar-refractivity contribution in [2.45, 2.75) is 25.7 Å². The van der Waals surface area contributed by atoms with E-state index in [4.69, 9.17) is 0 Å². The van der Waals surface area contributed by atoms with E-state index in [1.807, 2.05) is 12.3 Å². The van der Waals surface area contributed by atoms with E-state index in [9.17, 15) is 0 Å². The van der Waals surface area contributed by atoms with Crippen molar-refractivity contribution >= 4 is 37.7 Å². The van der Waals surface area contributed by atoms with Crippen molar-refractivity contribution in [1.29, 1.82) is 0 Å². The van der Waals surface area contributed by atoms with E-state index in [2.05, 4.69) is 48.2 Å². The van der Waals surface area contributed by atoms with Gasteiger partial charge in [0, 0.05) is 17.2 Å². The summed E-state index contributed by atoms with van der Waals surface area (Å²) in [6, 6.07) is 2.00. The van der Waals surface area contributed by atoms with Crippen molar-refractivity contribution < 1.29 is 0 Å². The van der Waals surface area contributed by atoms with Crippen LogP contribution in [0, 0.1) is 0 Å². The van der Waals surface area contributed by atoms with Gasteiger partial charge in [-0.1, -0.05) is 11.6 Å². The number of nitrogens with one attached hydrogen (secondary N) is 1. The first-order valence-electron chi connectivity index (χ1n) is 5.48. The number of nitrogens with zero attached hydrogens (tertiary/aromatic N) is 1. The first-order chi connectivity index (χ1) is 7.75. The van der Waals surface area contributed by atoms with Gasteiger partial charge in [-0.2, -0.15) is 0 Å². The molecule has 0 radical (unpaired) electrons. The van der Waals surface area contributed by atoms with Crippen molar-refractivity contribution in [3.8, 4) is 0 Å². The Bertz CT molecular complexity index is 402. The molecule has 0 unspecified atom stereocenters. The molecule has 0 fully saturated rings. The number of aromatic nitrogens is 1. The maximum atomic E-state index is 4.32. The molecule has 2 rings (SSSR count). The summed E-state index contributed by atoms with van der Waals surface area (Å²) in [5.41, 5.74) is 1.58. The Balaban J connectivity index is 1.84. The summed E-state index contributed by atoms with van der Waals surface area (Å²) in [7, 11) is 0. The zero-order chi connectivity index (χ0) is 11.4. The van der Waals surface area contributed by atoms with Crippen molar-refractivity contribution in [1.82, 2.24) is 4.98 Å². The van der Waals surface area contributed by atoms with Gasteiger partial charge in [-0.15, -0.1) is 0 Å². The number of anilines is 1. The van der Waals surface area contributed by atoms with Crippen LogP contribution in [0.5, 0.6) is 0 Å². The molecule has 0 bridgehead atoms. The molecular formula is C12H14Br2N2. The molecule has 0 amide bonds. The predicted molar refractivity (Wildman–Crippen MR) is 74.7 cm³/mol. The van der Waals surface area contributed by atoms with Crippen LogP contribution in [-0.4, -0.2) is 11.5 Å². The fraction of sp³-hybridized carbons (Fsp3) is 0.417. The maximum absolute atomic E-state index is 4.32. The molecule has 4 heteroatoms. The van der Waals surface area contributed by atoms with Gasteiger partial charge in [0.25, 0.3) is 0 Å². The molecule has 1 aromatic heterocycles. The van der Waals surface area contributed by atoms with Crippen LogP contribution >= 0.6 is 31.9 Å². The topological polar surface area (TPSA) is 24.9 Å². The first-order valence-corrected chi connectivity index (χ1v) is 7.07. The van der Waals surface area contributed by atoms with Crippen LogP contribution in [-0.2, 0) is 0 Å². The summed E-state index contributed by atoms with van der Waals surface area (Å²) in [6.45, 7) is 0.957. The Kier molecular flexibility index (Phi) is 4.41. The number of halogens is 2. The molecule has 0 aromatic carbocycles. The molecule has 0 atom stereocenters. The third-order valence-corrected chi connectivity index (χ3v) is 3.72. The second-order valence-electron chi connectivity index (χ2n) is 3.92. The van der Waals surface area contributed by atoms with E-state index >= 15 is 0 Å². The van der Waals surface area contributed by atoms with Crippen molar-refractivity contribution in [2.24, 2.45) is 0 Å². The standard InChI is InChI=1S/C12H14Br2N2/c13-10-7-11(14)12(16-8-10)15-6-5-9-3-1-2-4-9/h3,7-8H,1-2,4-6H2,(H,15,16). The highest BCUT2D eigenvalue weighted by molar-refractivity contribution is 9.11. The van der Waals surface area contributed by atoms with Crippen molar-refractivity contribution in [3.63, 3.8) is 0 Å². The average Bonchev–Trinajstić information content (AvgIpc) is 2.74. The third-order valence-electron chi connectivity index (χ3n) is 2.68. The van der Waals surface area contributed by atoms with Gasteiger partial charge in [0.1, 0.15) is 5.82 Å². The lowest BCUT2D eigenvalue weighted by Gasteiger charge is -2.08. The van der Waals surface area contributed by atoms with Gasteiger partial charge < -0.3 is 5.32 Å². The fourth-order valence-corrected chi connectivity index (χ4v) is 2.98. The summed E-state index contributed by atoms with van der Waals surface area (Å²) in [5.74, 6) is 0.918. The normalized spacial score (nSPS) is 15.0. The van der Waals surface area contributed by atoms with E-state index in [0.29, 0.717) is 0 Å². The van der Waals surface area contributed by atoms with E-state index in [1.54, 1.807) is 5.57 Å². The second kappa shape index (κ2) is 5.82. The summed E-state index contributed by atoms with van der Waals surface area (Å²) in [4.78, 5) is 4.32. The third kappa shape index (κ3) is 3.32. The minimum absolute atomic E-state index is 0.918. The van der Waals surface area contributed by atoms with Crippen molar-refractivity contribution in [3.05, 3.63) is 32.9 Å². The fourth-order valence-electron chi connectivity index (χ4n) is 1.85. The quantitative estimate of drug-likeness (QED) is 0.811. The molecular weight excluding hydrogens is 332 g/mol. The van der Waals surface area contributed by atoms with Crippen LogP contribution in [0.4, 0.5) is 5.82 Å². The minimum Gasteiger partial charge on any atom is -0.369 e. The summed E-state index contributed by atoms with van der Waals surface area (Å²) in [6.07, 6.45) is 9.17. The monoisotopic (exact) mass is 344 g/mol. The van der Waals surface area contributed by atoms with Crippen LogP contribution in [0.25, 0.3) is 0 Å². The van der Waals surface area contributed by atoms with Crippen LogP contribution in [0.1, 0.15) is 25.7 Å². The second-order valence-corrected chi connectivity index (χ2v) is 5.69. The van der Waals surface area contributed by atoms with Crippen LogP contribution in [0.2, 0.25) is 0 Å². The summed E-state index contributed by atoms with van der Waals surface area (Å²) < 4.78 is 1.99. The van der Waals surface area contributed by atoms with E-state index in [1.165, 1.54) is 19.3 Å². The Labute approximate surface area is 113 Å². The number of pyridine rings is 1. The Morgan fingerprint density at radius 1 is 1.38 bits per heavy atom. The van der Waals surface area contributed by atoms with E-state index in [0.717, 1.165) is 27.7 Å². The van der Waals surface area contributed by atoms with Crippen LogP contribution in [0.3, 0.4) is 0 Å². The predicted octanol–water partition coefficient (Wildman–Crippen LogP) is 4.52. The van der Waals surface area contributed by atoms with Crippen LogP contribution < -0.4 is 5.32 Å².